The van der Waals surface area contributed by atoms with Crippen molar-refractivity contribution in [2.75, 3.05) is 27.3 Å². The fraction of sp³-hybridized carbons (Fsp3) is 0.615. The summed E-state index contributed by atoms with van der Waals surface area (Å²) in [7, 11) is 3.54. The second-order valence-electron chi connectivity index (χ2n) is 4.04. The van der Waals surface area contributed by atoms with Crippen LogP contribution in [0.2, 0.25) is 0 Å². The fourth-order valence-electron chi connectivity index (χ4n) is 1.55. The first-order chi connectivity index (χ1) is 8.86. The molecule has 0 radical (unpaired) electrons. The number of unbranched alkanes of at least 4 members (excludes halogenated alkanes) is 2. The average molecular weight is 269 g/mol. The highest BCUT2D eigenvalue weighted by atomic mass is 32.1. The lowest BCUT2D eigenvalue weighted by Crippen LogP contribution is -2.37. The first-order valence-electron chi connectivity index (χ1n) is 6.31. The van der Waals surface area contributed by atoms with Crippen LogP contribution < -0.4 is 10.6 Å². The van der Waals surface area contributed by atoms with Gasteiger partial charge in [-0.05, 0) is 41.7 Å². The predicted molar refractivity (Wildman–Crippen MR) is 78.2 cm³/mol. The van der Waals surface area contributed by atoms with Crippen LogP contribution >= 0.6 is 11.3 Å². The van der Waals surface area contributed by atoms with Crippen LogP contribution in [0.1, 0.15) is 24.8 Å². The van der Waals surface area contributed by atoms with Crippen molar-refractivity contribution in [2.45, 2.75) is 25.8 Å². The monoisotopic (exact) mass is 269 g/mol. The smallest absolute Gasteiger partial charge is 0.191 e. The maximum atomic E-state index is 5.02. The molecule has 18 heavy (non-hydrogen) atoms. The molecule has 0 atom stereocenters. The Morgan fingerprint density at radius 3 is 2.89 bits per heavy atom. The van der Waals surface area contributed by atoms with Gasteiger partial charge in [0, 0.05) is 33.9 Å². The highest BCUT2D eigenvalue weighted by molar-refractivity contribution is 7.07. The van der Waals surface area contributed by atoms with Crippen molar-refractivity contribution in [2.24, 2.45) is 4.99 Å². The summed E-state index contributed by atoms with van der Waals surface area (Å²) in [6.45, 7) is 2.63. The maximum absolute atomic E-state index is 5.02. The molecule has 0 aliphatic rings. The number of guanidine groups is 1. The van der Waals surface area contributed by atoms with Crippen molar-refractivity contribution in [1.29, 1.82) is 0 Å². The number of ether oxygens (including phenoxy) is 1. The maximum Gasteiger partial charge on any atom is 0.191 e. The zero-order valence-electron chi connectivity index (χ0n) is 11.2. The van der Waals surface area contributed by atoms with Crippen LogP contribution in [0.25, 0.3) is 0 Å². The molecule has 0 aliphatic carbocycles. The van der Waals surface area contributed by atoms with Crippen molar-refractivity contribution in [3.8, 4) is 0 Å². The minimum Gasteiger partial charge on any atom is -0.385 e. The third-order valence-electron chi connectivity index (χ3n) is 2.58. The second-order valence-corrected chi connectivity index (χ2v) is 4.82. The summed E-state index contributed by atoms with van der Waals surface area (Å²) in [5.74, 6) is 0.868. The topological polar surface area (TPSA) is 45.7 Å². The number of aliphatic imine (C=N–C) groups is 1. The Balaban J connectivity index is 2.07. The van der Waals surface area contributed by atoms with Gasteiger partial charge in [0.25, 0.3) is 0 Å². The first-order valence-corrected chi connectivity index (χ1v) is 7.25. The lowest BCUT2D eigenvalue weighted by Gasteiger charge is -2.11. The number of thiophene rings is 1. The molecule has 4 nitrogen and oxygen atoms in total. The quantitative estimate of drug-likeness (QED) is 0.432. The second kappa shape index (κ2) is 9.91. The van der Waals surface area contributed by atoms with Gasteiger partial charge in [0.05, 0.1) is 0 Å². The van der Waals surface area contributed by atoms with Gasteiger partial charge in [-0.2, -0.15) is 11.3 Å². The van der Waals surface area contributed by atoms with E-state index in [-0.39, 0.29) is 0 Å². The Hall–Kier alpha value is -1.07. The van der Waals surface area contributed by atoms with Gasteiger partial charge >= 0.3 is 0 Å². The zero-order chi connectivity index (χ0) is 13.1. The van der Waals surface area contributed by atoms with Crippen LogP contribution in [0.3, 0.4) is 0 Å². The Bertz CT molecular complexity index is 325. The molecule has 0 amide bonds. The summed E-state index contributed by atoms with van der Waals surface area (Å²) in [5.41, 5.74) is 1.29. The van der Waals surface area contributed by atoms with Gasteiger partial charge in [-0.15, -0.1) is 0 Å². The number of nitrogens with one attached hydrogen (secondary N) is 2. The van der Waals surface area contributed by atoms with Crippen LogP contribution in [0.4, 0.5) is 0 Å². The lowest BCUT2D eigenvalue weighted by atomic mass is 10.2. The number of nitrogens with zero attached hydrogens (tertiary/aromatic N) is 1. The van der Waals surface area contributed by atoms with E-state index in [0.29, 0.717) is 0 Å². The van der Waals surface area contributed by atoms with Gasteiger partial charge in [-0.3, -0.25) is 4.99 Å². The van der Waals surface area contributed by atoms with Gasteiger partial charge < -0.3 is 15.4 Å². The summed E-state index contributed by atoms with van der Waals surface area (Å²) in [6.07, 6.45) is 3.45. The Kier molecular flexibility index (Phi) is 8.25. The molecule has 1 heterocycles. The Morgan fingerprint density at radius 1 is 1.33 bits per heavy atom. The molecular weight excluding hydrogens is 246 g/mol. The highest BCUT2D eigenvalue weighted by Gasteiger charge is 1.98. The Labute approximate surface area is 113 Å². The molecule has 1 rings (SSSR count). The Morgan fingerprint density at radius 2 is 2.22 bits per heavy atom. The minimum atomic E-state index is 0.826. The van der Waals surface area contributed by atoms with Crippen LogP contribution in [-0.4, -0.2) is 33.3 Å². The van der Waals surface area contributed by atoms with Crippen LogP contribution in [0.5, 0.6) is 0 Å². The van der Waals surface area contributed by atoms with Crippen molar-refractivity contribution < 1.29 is 4.74 Å². The van der Waals surface area contributed by atoms with Gasteiger partial charge in [0.1, 0.15) is 0 Å². The van der Waals surface area contributed by atoms with Crippen molar-refractivity contribution >= 4 is 17.3 Å². The lowest BCUT2D eigenvalue weighted by molar-refractivity contribution is 0.192. The molecule has 102 valence electrons. The molecular formula is C13H23N3OS. The predicted octanol–water partition coefficient (Wildman–Crippen LogP) is 2.23. The minimum absolute atomic E-state index is 0.826. The molecule has 1 aromatic heterocycles. The van der Waals surface area contributed by atoms with E-state index in [9.17, 15) is 0 Å². The van der Waals surface area contributed by atoms with E-state index in [1.165, 1.54) is 12.0 Å². The molecule has 0 saturated heterocycles. The SMILES string of the molecule is CN=C(NCCCCCOC)NCc1ccsc1. The van der Waals surface area contributed by atoms with E-state index in [1.54, 1.807) is 25.5 Å². The zero-order valence-corrected chi connectivity index (χ0v) is 12.1. The molecule has 1 aromatic rings. The summed E-state index contributed by atoms with van der Waals surface area (Å²) < 4.78 is 5.02. The van der Waals surface area contributed by atoms with E-state index < -0.39 is 0 Å². The third-order valence-corrected chi connectivity index (χ3v) is 3.31. The van der Waals surface area contributed by atoms with E-state index in [1.807, 2.05) is 0 Å². The van der Waals surface area contributed by atoms with E-state index in [0.717, 1.165) is 38.5 Å². The molecule has 0 aromatic carbocycles. The molecule has 0 fully saturated rings. The van der Waals surface area contributed by atoms with E-state index >= 15 is 0 Å². The van der Waals surface area contributed by atoms with Gasteiger partial charge in [-0.1, -0.05) is 0 Å². The standard InChI is InChI=1S/C13H23N3OS/c1-14-13(15-7-4-3-5-8-17-2)16-10-12-6-9-18-11-12/h6,9,11H,3-5,7-8,10H2,1-2H3,(H2,14,15,16). The summed E-state index contributed by atoms with van der Waals surface area (Å²) in [4.78, 5) is 4.19. The fourth-order valence-corrected chi connectivity index (χ4v) is 2.22. The largest absolute Gasteiger partial charge is 0.385 e. The molecule has 0 aliphatic heterocycles. The van der Waals surface area contributed by atoms with Gasteiger partial charge in [0.2, 0.25) is 0 Å². The molecule has 0 unspecified atom stereocenters. The van der Waals surface area contributed by atoms with Crippen LogP contribution in [0, 0.1) is 0 Å². The molecule has 2 N–H and O–H groups in total. The van der Waals surface area contributed by atoms with Crippen LogP contribution in [-0.2, 0) is 11.3 Å². The van der Waals surface area contributed by atoms with Crippen LogP contribution in [0.15, 0.2) is 21.8 Å². The molecule has 0 bridgehead atoms. The van der Waals surface area contributed by atoms with E-state index in [2.05, 4.69) is 32.5 Å². The molecule has 5 heteroatoms. The van der Waals surface area contributed by atoms with E-state index in [4.69, 9.17) is 4.74 Å². The first kappa shape index (κ1) is 15.0. The molecule has 0 spiro atoms. The van der Waals surface area contributed by atoms with Crippen molar-refractivity contribution in [1.82, 2.24) is 10.6 Å². The molecule has 0 saturated carbocycles. The summed E-state index contributed by atoms with van der Waals surface area (Å²) in [5, 5.41) is 10.8. The highest BCUT2D eigenvalue weighted by Crippen LogP contribution is 2.04. The number of hydrogen-bond donors (Lipinski definition) is 2. The van der Waals surface area contributed by atoms with Crippen molar-refractivity contribution in [3.05, 3.63) is 22.4 Å². The third kappa shape index (κ3) is 6.61. The van der Waals surface area contributed by atoms with Crippen molar-refractivity contribution in [3.63, 3.8) is 0 Å². The summed E-state index contributed by atoms with van der Waals surface area (Å²) >= 11 is 1.72. The summed E-state index contributed by atoms with van der Waals surface area (Å²) in [6, 6.07) is 2.12. The normalized spacial score (nSPS) is 11.6. The number of rotatable bonds is 8. The van der Waals surface area contributed by atoms with Gasteiger partial charge in [-0.25, -0.2) is 0 Å². The number of methoxy groups -OCH3 is 1. The average Bonchev–Trinajstić information content (AvgIpc) is 2.90. The van der Waals surface area contributed by atoms with Gasteiger partial charge in [0.15, 0.2) is 5.96 Å². The number of hydrogen-bond acceptors (Lipinski definition) is 3.